The minimum Gasteiger partial charge on any atom is -0.455 e. The summed E-state index contributed by atoms with van der Waals surface area (Å²) in [6, 6.07) is 19.3. The van der Waals surface area contributed by atoms with Crippen molar-refractivity contribution >= 4 is 40.1 Å². The van der Waals surface area contributed by atoms with E-state index in [-0.39, 0.29) is 17.0 Å². The first-order valence-electron chi connectivity index (χ1n) is 12.4. The van der Waals surface area contributed by atoms with Crippen molar-refractivity contribution in [2.75, 3.05) is 10.6 Å². The molecule has 8 heteroatoms. The predicted molar refractivity (Wildman–Crippen MR) is 149 cm³/mol. The molecule has 0 fully saturated rings. The van der Waals surface area contributed by atoms with Crippen LogP contribution in [0.3, 0.4) is 0 Å². The van der Waals surface area contributed by atoms with E-state index >= 15 is 0 Å². The Balaban J connectivity index is 1.50. The molecule has 3 aromatic carbocycles. The second kappa shape index (κ2) is 10.1. The van der Waals surface area contributed by atoms with Crippen LogP contribution in [0.2, 0.25) is 0 Å². The summed E-state index contributed by atoms with van der Waals surface area (Å²) in [5.74, 6) is -1.23. The third-order valence-corrected chi connectivity index (χ3v) is 5.85. The zero-order valence-electron chi connectivity index (χ0n) is 22.4. The van der Waals surface area contributed by atoms with E-state index < -0.39 is 17.5 Å². The van der Waals surface area contributed by atoms with Gasteiger partial charge in [-0.25, -0.2) is 4.79 Å². The largest absolute Gasteiger partial charge is 0.455 e. The van der Waals surface area contributed by atoms with Gasteiger partial charge in [-0.1, -0.05) is 45.0 Å². The molecular weight excluding hydrogens is 480 g/mol. The van der Waals surface area contributed by atoms with E-state index in [2.05, 4.69) is 41.6 Å². The number of aromatic nitrogens is 2. The van der Waals surface area contributed by atoms with E-state index in [1.807, 2.05) is 12.1 Å². The van der Waals surface area contributed by atoms with Crippen molar-refractivity contribution < 1.29 is 19.1 Å². The van der Waals surface area contributed by atoms with E-state index in [9.17, 15) is 14.4 Å². The third kappa shape index (κ3) is 6.08. The molecule has 1 heterocycles. The highest BCUT2D eigenvalue weighted by Gasteiger charge is 2.23. The van der Waals surface area contributed by atoms with Crippen LogP contribution in [-0.2, 0) is 10.2 Å². The lowest BCUT2D eigenvalue weighted by atomic mass is 9.86. The number of esters is 1. The maximum absolute atomic E-state index is 13.2. The Morgan fingerprint density at radius 2 is 1.50 bits per heavy atom. The molecule has 0 radical (unpaired) electrons. The molecule has 0 saturated carbocycles. The fourth-order valence-corrected chi connectivity index (χ4v) is 3.88. The van der Waals surface area contributed by atoms with E-state index in [1.165, 1.54) is 0 Å². The van der Waals surface area contributed by atoms with Gasteiger partial charge < -0.3 is 15.4 Å². The second-order valence-corrected chi connectivity index (χ2v) is 11.1. The van der Waals surface area contributed by atoms with Crippen molar-refractivity contribution in [2.45, 2.75) is 52.6 Å². The van der Waals surface area contributed by atoms with Crippen LogP contribution >= 0.6 is 0 Å². The smallest absolute Gasteiger partial charge is 0.360 e. The number of nitrogens with zero attached hydrogens (tertiary/aromatic N) is 1. The van der Waals surface area contributed by atoms with Gasteiger partial charge in [-0.15, -0.1) is 0 Å². The lowest BCUT2D eigenvalue weighted by Crippen LogP contribution is -2.24. The van der Waals surface area contributed by atoms with Crippen molar-refractivity contribution in [1.82, 2.24) is 10.2 Å². The van der Waals surface area contributed by atoms with Gasteiger partial charge in [0.15, 0.2) is 5.69 Å². The molecule has 0 spiro atoms. The van der Waals surface area contributed by atoms with Crippen LogP contribution in [0, 0.1) is 0 Å². The maximum Gasteiger partial charge on any atom is 0.360 e. The van der Waals surface area contributed by atoms with Crippen molar-refractivity contribution in [3.63, 3.8) is 0 Å². The third-order valence-electron chi connectivity index (χ3n) is 5.85. The average Bonchev–Trinajstić information content (AvgIpc) is 3.26. The summed E-state index contributed by atoms with van der Waals surface area (Å²) >= 11 is 0. The molecule has 38 heavy (non-hydrogen) atoms. The van der Waals surface area contributed by atoms with Crippen molar-refractivity contribution in [3.05, 3.63) is 89.1 Å². The number of H-pyrrole nitrogens is 1. The van der Waals surface area contributed by atoms with Crippen LogP contribution in [0.1, 0.15) is 78.3 Å². The van der Waals surface area contributed by atoms with Gasteiger partial charge in [-0.2, -0.15) is 5.10 Å². The molecule has 3 N–H and O–H groups in total. The van der Waals surface area contributed by atoms with Gasteiger partial charge >= 0.3 is 5.97 Å². The van der Waals surface area contributed by atoms with E-state index in [0.29, 0.717) is 33.4 Å². The highest BCUT2D eigenvalue weighted by atomic mass is 16.6. The maximum atomic E-state index is 13.2. The van der Waals surface area contributed by atoms with Crippen molar-refractivity contribution in [1.29, 1.82) is 0 Å². The number of carbonyl (C=O) groups is 3. The molecule has 0 aliphatic heterocycles. The lowest BCUT2D eigenvalue weighted by Gasteiger charge is -2.19. The average molecular weight is 513 g/mol. The topological polar surface area (TPSA) is 113 Å². The molecular formula is C30H32N4O4. The van der Waals surface area contributed by atoms with Crippen LogP contribution in [0.4, 0.5) is 11.4 Å². The Morgan fingerprint density at radius 1 is 0.816 bits per heavy atom. The number of hydrogen-bond donors (Lipinski definition) is 3. The van der Waals surface area contributed by atoms with Gasteiger partial charge in [0.1, 0.15) is 5.60 Å². The summed E-state index contributed by atoms with van der Waals surface area (Å²) < 4.78 is 5.41. The van der Waals surface area contributed by atoms with Crippen molar-refractivity contribution in [3.8, 4) is 0 Å². The van der Waals surface area contributed by atoms with Gasteiger partial charge in [0.25, 0.3) is 11.8 Å². The summed E-state index contributed by atoms with van der Waals surface area (Å²) in [7, 11) is 0. The molecule has 196 valence electrons. The number of anilines is 2. The summed E-state index contributed by atoms with van der Waals surface area (Å²) in [6.45, 7) is 11.7. The highest BCUT2D eigenvalue weighted by molar-refractivity contribution is 6.13. The van der Waals surface area contributed by atoms with Gasteiger partial charge in [0, 0.05) is 16.6 Å². The highest BCUT2D eigenvalue weighted by Crippen LogP contribution is 2.25. The number of fused-ring (bicyclic) bond motifs is 1. The first kappa shape index (κ1) is 26.6. The fourth-order valence-electron chi connectivity index (χ4n) is 3.88. The number of ether oxygens (including phenoxy) is 1. The first-order valence-corrected chi connectivity index (χ1v) is 12.4. The van der Waals surface area contributed by atoms with E-state index in [1.54, 1.807) is 75.4 Å². The summed E-state index contributed by atoms with van der Waals surface area (Å²) in [4.78, 5) is 38.5. The normalized spacial score (nSPS) is 11.7. The van der Waals surface area contributed by atoms with E-state index in [4.69, 9.17) is 4.74 Å². The number of para-hydroxylation sites is 1. The number of carbonyl (C=O) groups excluding carboxylic acids is 3. The molecule has 8 nitrogen and oxygen atoms in total. The second-order valence-electron chi connectivity index (χ2n) is 11.1. The first-order chi connectivity index (χ1) is 17.8. The molecule has 0 aliphatic rings. The zero-order valence-corrected chi connectivity index (χ0v) is 22.4. The number of aromatic amines is 1. The van der Waals surface area contributed by atoms with Gasteiger partial charge in [0.2, 0.25) is 0 Å². The molecule has 0 unspecified atom stereocenters. The molecule has 0 bridgehead atoms. The Hall–Kier alpha value is -4.46. The van der Waals surface area contributed by atoms with Crippen LogP contribution in [0.15, 0.2) is 66.7 Å². The minimum atomic E-state index is -0.644. The Kier molecular flexibility index (Phi) is 7.09. The minimum absolute atomic E-state index is 0.0177. The SMILES string of the molecule is CC(C)(C)OC(=O)c1n[nH]c2cc(NC(=O)c3ccccc3NC(=O)c3ccc(C(C)(C)C)cc3)ccc12. The zero-order chi connectivity index (χ0) is 27.7. The van der Waals surface area contributed by atoms with Crippen LogP contribution in [0.5, 0.6) is 0 Å². The Bertz CT molecular complexity index is 1510. The molecule has 2 amide bonds. The number of rotatable bonds is 5. The number of benzene rings is 3. The van der Waals surface area contributed by atoms with Crippen LogP contribution in [-0.4, -0.2) is 33.6 Å². The Labute approximate surface area is 221 Å². The quantitative estimate of drug-likeness (QED) is 0.271. The molecule has 0 aliphatic carbocycles. The van der Waals surface area contributed by atoms with E-state index in [0.717, 1.165) is 5.56 Å². The summed E-state index contributed by atoms with van der Waals surface area (Å²) in [5.41, 5.74) is 2.92. The van der Waals surface area contributed by atoms with Gasteiger partial charge in [-0.05, 0) is 74.2 Å². The van der Waals surface area contributed by atoms with Gasteiger partial charge in [0.05, 0.1) is 16.8 Å². The molecule has 4 rings (SSSR count). The standard InChI is InChI=1S/C30H32N4O4/c1-29(2,3)19-13-11-18(12-14-19)26(35)32-23-10-8-7-9-22(23)27(36)31-20-15-16-21-24(17-20)33-34-25(21)28(37)38-30(4,5)6/h7-17H,1-6H3,(H,31,36)(H,32,35)(H,33,34). The summed E-state index contributed by atoms with van der Waals surface area (Å²) in [6.07, 6.45) is 0. The van der Waals surface area contributed by atoms with Crippen LogP contribution in [0.25, 0.3) is 10.9 Å². The fraction of sp³-hybridized carbons (Fsp3) is 0.267. The lowest BCUT2D eigenvalue weighted by molar-refractivity contribution is 0.00648. The predicted octanol–water partition coefficient (Wildman–Crippen LogP) is 6.32. The molecule has 1 aromatic heterocycles. The van der Waals surface area contributed by atoms with Gasteiger partial charge in [-0.3, -0.25) is 14.7 Å². The number of hydrogen-bond acceptors (Lipinski definition) is 5. The molecule has 0 atom stereocenters. The number of amides is 2. The molecule has 4 aromatic rings. The Morgan fingerprint density at radius 3 is 2.16 bits per heavy atom. The van der Waals surface area contributed by atoms with Crippen molar-refractivity contribution in [2.24, 2.45) is 0 Å². The van der Waals surface area contributed by atoms with Crippen LogP contribution < -0.4 is 10.6 Å². The monoisotopic (exact) mass is 512 g/mol. The summed E-state index contributed by atoms with van der Waals surface area (Å²) in [5, 5.41) is 13.2. The molecule has 0 saturated heterocycles. The number of nitrogens with one attached hydrogen (secondary N) is 3.